The van der Waals surface area contributed by atoms with Crippen LogP contribution in [-0.4, -0.2) is 19.6 Å². The standard InChI is InChI=1S/C12H18N2/c13-6-7-14-9-11-8-12(11)10-4-2-1-3-5-10/h1-5,11-12,14H,6-9,13H2. The molecule has 0 radical (unpaired) electrons. The molecule has 3 N–H and O–H groups in total. The summed E-state index contributed by atoms with van der Waals surface area (Å²) in [6.45, 7) is 2.80. The second-order valence-corrected chi connectivity index (χ2v) is 4.01. The predicted octanol–water partition coefficient (Wildman–Crippen LogP) is 1.34. The second kappa shape index (κ2) is 4.58. The number of hydrogen-bond acceptors (Lipinski definition) is 2. The van der Waals surface area contributed by atoms with Gasteiger partial charge in [0.15, 0.2) is 0 Å². The Labute approximate surface area is 85.5 Å². The molecule has 0 bridgehead atoms. The van der Waals surface area contributed by atoms with Crippen LogP contribution in [0.15, 0.2) is 30.3 Å². The van der Waals surface area contributed by atoms with E-state index in [0.29, 0.717) is 0 Å². The van der Waals surface area contributed by atoms with Crippen molar-refractivity contribution in [1.29, 1.82) is 0 Å². The molecule has 0 amide bonds. The van der Waals surface area contributed by atoms with Crippen molar-refractivity contribution >= 4 is 0 Å². The van der Waals surface area contributed by atoms with E-state index >= 15 is 0 Å². The normalized spacial score (nSPS) is 24.9. The fourth-order valence-corrected chi connectivity index (χ4v) is 1.97. The molecule has 2 nitrogen and oxygen atoms in total. The number of hydrogen-bond donors (Lipinski definition) is 2. The molecule has 76 valence electrons. The van der Waals surface area contributed by atoms with Crippen LogP contribution in [0.3, 0.4) is 0 Å². The van der Waals surface area contributed by atoms with Gasteiger partial charge in [0.25, 0.3) is 0 Å². The first-order valence-corrected chi connectivity index (χ1v) is 5.37. The summed E-state index contributed by atoms with van der Waals surface area (Å²) in [5, 5.41) is 3.37. The van der Waals surface area contributed by atoms with Crippen LogP contribution in [-0.2, 0) is 0 Å². The van der Waals surface area contributed by atoms with Crippen molar-refractivity contribution in [3.8, 4) is 0 Å². The molecule has 2 unspecified atom stereocenters. The number of nitrogens with one attached hydrogen (secondary N) is 1. The van der Waals surface area contributed by atoms with Crippen LogP contribution in [0, 0.1) is 5.92 Å². The zero-order valence-corrected chi connectivity index (χ0v) is 8.45. The van der Waals surface area contributed by atoms with Crippen molar-refractivity contribution in [1.82, 2.24) is 5.32 Å². The van der Waals surface area contributed by atoms with E-state index in [1.807, 2.05) is 0 Å². The number of nitrogens with two attached hydrogens (primary N) is 1. The van der Waals surface area contributed by atoms with E-state index in [4.69, 9.17) is 5.73 Å². The summed E-state index contributed by atoms with van der Waals surface area (Å²) in [5.74, 6) is 1.63. The summed E-state index contributed by atoms with van der Waals surface area (Å²) in [6.07, 6.45) is 1.33. The fraction of sp³-hybridized carbons (Fsp3) is 0.500. The van der Waals surface area contributed by atoms with E-state index in [-0.39, 0.29) is 0 Å². The van der Waals surface area contributed by atoms with Crippen molar-refractivity contribution in [3.05, 3.63) is 35.9 Å². The van der Waals surface area contributed by atoms with E-state index in [1.54, 1.807) is 0 Å². The quantitative estimate of drug-likeness (QED) is 0.688. The first-order chi connectivity index (χ1) is 6.92. The van der Waals surface area contributed by atoms with Gasteiger partial charge in [-0.2, -0.15) is 0 Å². The van der Waals surface area contributed by atoms with Crippen molar-refractivity contribution < 1.29 is 0 Å². The van der Waals surface area contributed by atoms with E-state index < -0.39 is 0 Å². The van der Waals surface area contributed by atoms with Gasteiger partial charge in [0, 0.05) is 13.1 Å². The summed E-state index contributed by atoms with van der Waals surface area (Å²) in [6, 6.07) is 10.8. The van der Waals surface area contributed by atoms with Gasteiger partial charge in [-0.25, -0.2) is 0 Å². The number of benzene rings is 1. The minimum Gasteiger partial charge on any atom is -0.329 e. The Morgan fingerprint density at radius 1 is 1.29 bits per heavy atom. The van der Waals surface area contributed by atoms with Crippen molar-refractivity contribution in [3.63, 3.8) is 0 Å². The topological polar surface area (TPSA) is 38.0 Å². The van der Waals surface area contributed by atoms with Crippen molar-refractivity contribution in [2.24, 2.45) is 11.7 Å². The molecule has 0 aromatic heterocycles. The molecule has 1 aromatic carbocycles. The maximum absolute atomic E-state index is 5.42. The molecule has 2 heteroatoms. The molecule has 2 rings (SSSR count). The van der Waals surface area contributed by atoms with Gasteiger partial charge in [0.05, 0.1) is 0 Å². The van der Waals surface area contributed by atoms with Crippen molar-refractivity contribution in [2.45, 2.75) is 12.3 Å². The Morgan fingerprint density at radius 2 is 2.07 bits per heavy atom. The average molecular weight is 190 g/mol. The maximum Gasteiger partial charge on any atom is 0.00746 e. The van der Waals surface area contributed by atoms with Gasteiger partial charge in [0.2, 0.25) is 0 Å². The monoisotopic (exact) mass is 190 g/mol. The number of rotatable bonds is 5. The van der Waals surface area contributed by atoms with Gasteiger partial charge in [0.1, 0.15) is 0 Å². The molecule has 0 heterocycles. The second-order valence-electron chi connectivity index (χ2n) is 4.01. The molecule has 1 fully saturated rings. The molecular weight excluding hydrogens is 172 g/mol. The lowest BCUT2D eigenvalue weighted by Gasteiger charge is -2.02. The van der Waals surface area contributed by atoms with Crippen LogP contribution < -0.4 is 11.1 Å². The highest BCUT2D eigenvalue weighted by Gasteiger charge is 2.37. The minimum atomic E-state index is 0.739. The third-order valence-electron chi connectivity index (χ3n) is 2.88. The van der Waals surface area contributed by atoms with Gasteiger partial charge in [-0.1, -0.05) is 30.3 Å². The maximum atomic E-state index is 5.42. The summed E-state index contributed by atoms with van der Waals surface area (Å²) >= 11 is 0. The molecule has 1 aliphatic carbocycles. The van der Waals surface area contributed by atoms with Gasteiger partial charge >= 0.3 is 0 Å². The summed E-state index contributed by atoms with van der Waals surface area (Å²) in [5.41, 5.74) is 6.91. The third-order valence-corrected chi connectivity index (χ3v) is 2.88. The fourth-order valence-electron chi connectivity index (χ4n) is 1.97. The van der Waals surface area contributed by atoms with Gasteiger partial charge < -0.3 is 11.1 Å². The van der Waals surface area contributed by atoms with Gasteiger partial charge in [-0.3, -0.25) is 0 Å². The minimum absolute atomic E-state index is 0.739. The lowest BCUT2D eigenvalue weighted by Crippen LogP contribution is -2.24. The van der Waals surface area contributed by atoms with Crippen LogP contribution in [0.2, 0.25) is 0 Å². The molecule has 1 aliphatic rings. The largest absolute Gasteiger partial charge is 0.329 e. The first kappa shape index (κ1) is 9.69. The Bertz CT molecular complexity index is 271. The summed E-state index contributed by atoms with van der Waals surface area (Å²) in [4.78, 5) is 0. The Hall–Kier alpha value is -0.860. The molecule has 14 heavy (non-hydrogen) atoms. The summed E-state index contributed by atoms with van der Waals surface area (Å²) < 4.78 is 0. The molecule has 0 spiro atoms. The SMILES string of the molecule is NCCNCC1CC1c1ccccc1. The lowest BCUT2D eigenvalue weighted by molar-refractivity contribution is 0.632. The lowest BCUT2D eigenvalue weighted by atomic mass is 10.1. The molecule has 0 saturated heterocycles. The highest BCUT2D eigenvalue weighted by molar-refractivity contribution is 5.25. The van der Waals surface area contributed by atoms with Crippen LogP contribution in [0.5, 0.6) is 0 Å². The summed E-state index contributed by atoms with van der Waals surface area (Å²) in [7, 11) is 0. The van der Waals surface area contributed by atoms with Crippen molar-refractivity contribution in [2.75, 3.05) is 19.6 Å². The zero-order valence-electron chi connectivity index (χ0n) is 8.45. The molecule has 1 aromatic rings. The van der Waals surface area contributed by atoms with E-state index in [0.717, 1.165) is 31.5 Å². The van der Waals surface area contributed by atoms with Crippen LogP contribution in [0.1, 0.15) is 17.9 Å². The zero-order chi connectivity index (χ0) is 9.80. The van der Waals surface area contributed by atoms with Gasteiger partial charge in [-0.05, 0) is 30.4 Å². The Morgan fingerprint density at radius 3 is 2.79 bits per heavy atom. The van der Waals surface area contributed by atoms with Crippen LogP contribution >= 0.6 is 0 Å². The molecule has 2 atom stereocenters. The first-order valence-electron chi connectivity index (χ1n) is 5.37. The van der Waals surface area contributed by atoms with E-state index in [1.165, 1.54) is 12.0 Å². The third kappa shape index (κ3) is 2.34. The highest BCUT2D eigenvalue weighted by Crippen LogP contribution is 2.46. The van der Waals surface area contributed by atoms with E-state index in [2.05, 4.69) is 35.6 Å². The van der Waals surface area contributed by atoms with Crippen LogP contribution in [0.25, 0.3) is 0 Å². The average Bonchev–Trinajstić information content (AvgIpc) is 2.99. The van der Waals surface area contributed by atoms with Crippen LogP contribution in [0.4, 0.5) is 0 Å². The predicted molar refractivity (Wildman–Crippen MR) is 59.2 cm³/mol. The molecule has 1 saturated carbocycles. The van der Waals surface area contributed by atoms with Gasteiger partial charge in [-0.15, -0.1) is 0 Å². The molecule has 0 aliphatic heterocycles. The Balaban J connectivity index is 1.76. The van der Waals surface area contributed by atoms with E-state index in [9.17, 15) is 0 Å². The smallest absolute Gasteiger partial charge is 0.00746 e. The molecular formula is C12H18N2. The Kier molecular flexibility index (Phi) is 3.17. The highest BCUT2D eigenvalue weighted by atomic mass is 14.9.